The third-order valence-corrected chi connectivity index (χ3v) is 3.33. The van der Waals surface area contributed by atoms with Crippen LogP contribution < -0.4 is 9.47 Å². The highest BCUT2D eigenvalue weighted by atomic mass is 16.5. The van der Waals surface area contributed by atoms with E-state index in [1.54, 1.807) is 25.3 Å². The molecule has 0 aliphatic carbocycles. The second-order valence-electron chi connectivity index (χ2n) is 4.86. The molecule has 1 aromatic heterocycles. The van der Waals surface area contributed by atoms with E-state index in [0.717, 1.165) is 11.1 Å². The van der Waals surface area contributed by atoms with Crippen LogP contribution in [-0.4, -0.2) is 34.0 Å². The summed E-state index contributed by atoms with van der Waals surface area (Å²) >= 11 is 0. The lowest BCUT2D eigenvalue weighted by Gasteiger charge is -2.09. The summed E-state index contributed by atoms with van der Waals surface area (Å²) in [5.74, 6) is 2.64. The highest BCUT2D eigenvalue weighted by Crippen LogP contribution is 2.32. The summed E-state index contributed by atoms with van der Waals surface area (Å²) in [5, 5.41) is 16.7. The standard InChI is InChI=1S/C17H17N3O3/c1-3-23-14-8-7-12(10-15(14)22-2)17-18-16(19-20-17)11-5-4-6-13(21)9-11/h4-10,21H,3H2,1-2H3,(H,18,19,20). The number of phenols is 1. The fourth-order valence-electron chi connectivity index (χ4n) is 2.25. The van der Waals surface area contributed by atoms with Crippen LogP contribution in [0, 0.1) is 0 Å². The fourth-order valence-corrected chi connectivity index (χ4v) is 2.25. The molecule has 0 fully saturated rings. The molecule has 0 amide bonds. The molecule has 0 radical (unpaired) electrons. The Balaban J connectivity index is 1.94. The van der Waals surface area contributed by atoms with Crippen molar-refractivity contribution in [3.8, 4) is 40.0 Å². The molecule has 0 aliphatic rings. The zero-order valence-corrected chi connectivity index (χ0v) is 12.9. The Labute approximate surface area is 133 Å². The van der Waals surface area contributed by atoms with Crippen LogP contribution >= 0.6 is 0 Å². The fraction of sp³-hybridized carbons (Fsp3) is 0.176. The highest BCUT2D eigenvalue weighted by molar-refractivity contribution is 5.64. The Hall–Kier alpha value is -3.02. The maximum absolute atomic E-state index is 9.55. The average Bonchev–Trinajstić information content (AvgIpc) is 3.05. The van der Waals surface area contributed by atoms with Gasteiger partial charge in [0, 0.05) is 11.1 Å². The van der Waals surface area contributed by atoms with Crippen molar-refractivity contribution in [2.75, 3.05) is 13.7 Å². The van der Waals surface area contributed by atoms with Gasteiger partial charge in [-0.1, -0.05) is 12.1 Å². The van der Waals surface area contributed by atoms with Crippen molar-refractivity contribution in [2.24, 2.45) is 0 Å². The molecule has 0 atom stereocenters. The lowest BCUT2D eigenvalue weighted by Crippen LogP contribution is -1.95. The molecule has 6 heteroatoms. The molecule has 2 aromatic carbocycles. The van der Waals surface area contributed by atoms with Crippen molar-refractivity contribution in [1.29, 1.82) is 0 Å². The van der Waals surface area contributed by atoms with Gasteiger partial charge in [-0.3, -0.25) is 5.10 Å². The van der Waals surface area contributed by atoms with E-state index in [1.807, 2.05) is 31.2 Å². The molecule has 118 valence electrons. The summed E-state index contributed by atoms with van der Waals surface area (Å²) in [7, 11) is 1.60. The van der Waals surface area contributed by atoms with Gasteiger partial charge in [-0.25, -0.2) is 4.98 Å². The topological polar surface area (TPSA) is 80.3 Å². The highest BCUT2D eigenvalue weighted by Gasteiger charge is 2.11. The quantitative estimate of drug-likeness (QED) is 0.756. The number of rotatable bonds is 5. The molecule has 0 unspecified atom stereocenters. The molecule has 2 N–H and O–H groups in total. The van der Waals surface area contributed by atoms with E-state index in [-0.39, 0.29) is 5.75 Å². The number of ether oxygens (including phenoxy) is 2. The lowest BCUT2D eigenvalue weighted by atomic mass is 10.2. The number of nitrogens with zero attached hydrogens (tertiary/aromatic N) is 2. The van der Waals surface area contributed by atoms with Crippen molar-refractivity contribution >= 4 is 0 Å². The van der Waals surface area contributed by atoms with Crippen molar-refractivity contribution < 1.29 is 14.6 Å². The first-order chi connectivity index (χ1) is 11.2. The molecule has 3 aromatic rings. The number of aromatic amines is 1. The smallest absolute Gasteiger partial charge is 0.181 e. The monoisotopic (exact) mass is 311 g/mol. The molecule has 0 aliphatic heterocycles. The van der Waals surface area contributed by atoms with Gasteiger partial charge in [0.05, 0.1) is 13.7 Å². The van der Waals surface area contributed by atoms with Gasteiger partial charge >= 0.3 is 0 Å². The molecule has 23 heavy (non-hydrogen) atoms. The third-order valence-electron chi connectivity index (χ3n) is 3.33. The Morgan fingerprint density at radius 2 is 1.96 bits per heavy atom. The molecule has 1 heterocycles. The first-order valence-corrected chi connectivity index (χ1v) is 7.24. The average molecular weight is 311 g/mol. The van der Waals surface area contributed by atoms with Gasteiger partial charge in [0.15, 0.2) is 23.1 Å². The molecule has 0 spiro atoms. The minimum atomic E-state index is 0.177. The normalized spacial score (nSPS) is 10.5. The van der Waals surface area contributed by atoms with Crippen LogP contribution in [0.15, 0.2) is 42.5 Å². The number of hydrogen-bond donors (Lipinski definition) is 2. The maximum atomic E-state index is 9.55. The summed E-state index contributed by atoms with van der Waals surface area (Å²) in [6, 6.07) is 12.4. The zero-order valence-electron chi connectivity index (χ0n) is 12.9. The molecule has 0 saturated carbocycles. The predicted octanol–water partition coefficient (Wildman–Crippen LogP) is 3.25. The summed E-state index contributed by atoms with van der Waals surface area (Å²) in [4.78, 5) is 4.47. The number of H-pyrrole nitrogens is 1. The van der Waals surface area contributed by atoms with E-state index in [1.165, 1.54) is 0 Å². The van der Waals surface area contributed by atoms with Crippen LogP contribution in [0.3, 0.4) is 0 Å². The number of aromatic nitrogens is 3. The lowest BCUT2D eigenvalue weighted by molar-refractivity contribution is 0.311. The molecular weight excluding hydrogens is 294 g/mol. The minimum Gasteiger partial charge on any atom is -0.508 e. The van der Waals surface area contributed by atoms with Gasteiger partial charge < -0.3 is 14.6 Å². The van der Waals surface area contributed by atoms with E-state index in [2.05, 4.69) is 15.2 Å². The second-order valence-corrected chi connectivity index (χ2v) is 4.86. The number of benzene rings is 2. The van der Waals surface area contributed by atoms with Crippen LogP contribution in [0.1, 0.15) is 6.92 Å². The van der Waals surface area contributed by atoms with Crippen LogP contribution in [0.25, 0.3) is 22.8 Å². The largest absolute Gasteiger partial charge is 0.508 e. The van der Waals surface area contributed by atoms with Gasteiger partial charge in [-0.05, 0) is 37.3 Å². The molecule has 3 rings (SSSR count). The molecule has 0 bridgehead atoms. The van der Waals surface area contributed by atoms with E-state index in [4.69, 9.17) is 9.47 Å². The van der Waals surface area contributed by atoms with Gasteiger partial charge in [-0.2, -0.15) is 5.10 Å². The van der Waals surface area contributed by atoms with Crippen molar-refractivity contribution in [3.05, 3.63) is 42.5 Å². The van der Waals surface area contributed by atoms with E-state index < -0.39 is 0 Å². The van der Waals surface area contributed by atoms with Crippen molar-refractivity contribution in [2.45, 2.75) is 6.92 Å². The number of aromatic hydroxyl groups is 1. The third kappa shape index (κ3) is 3.11. The Bertz CT molecular complexity index is 814. The maximum Gasteiger partial charge on any atom is 0.181 e. The van der Waals surface area contributed by atoms with E-state index in [0.29, 0.717) is 29.8 Å². The molecular formula is C17H17N3O3. The number of hydrogen-bond acceptors (Lipinski definition) is 5. The first-order valence-electron chi connectivity index (χ1n) is 7.24. The Morgan fingerprint density at radius 3 is 2.70 bits per heavy atom. The Morgan fingerprint density at radius 1 is 1.09 bits per heavy atom. The van der Waals surface area contributed by atoms with Crippen LogP contribution in [0.2, 0.25) is 0 Å². The van der Waals surface area contributed by atoms with E-state index in [9.17, 15) is 5.11 Å². The second kappa shape index (κ2) is 6.39. The summed E-state index contributed by atoms with van der Waals surface area (Å²) in [5.41, 5.74) is 1.58. The molecule has 6 nitrogen and oxygen atoms in total. The first kappa shape index (κ1) is 14.9. The molecule has 0 saturated heterocycles. The van der Waals surface area contributed by atoms with Gasteiger partial charge in [0.1, 0.15) is 5.75 Å². The van der Waals surface area contributed by atoms with Crippen LogP contribution in [0.4, 0.5) is 0 Å². The van der Waals surface area contributed by atoms with Crippen LogP contribution in [0.5, 0.6) is 17.2 Å². The van der Waals surface area contributed by atoms with Crippen LogP contribution in [-0.2, 0) is 0 Å². The number of methoxy groups -OCH3 is 1. The number of phenolic OH excluding ortho intramolecular Hbond substituents is 1. The zero-order chi connectivity index (χ0) is 16.2. The Kier molecular flexibility index (Phi) is 4.14. The van der Waals surface area contributed by atoms with Gasteiger partial charge in [0.25, 0.3) is 0 Å². The van der Waals surface area contributed by atoms with Gasteiger partial charge in [-0.15, -0.1) is 0 Å². The summed E-state index contributed by atoms with van der Waals surface area (Å²) in [6.07, 6.45) is 0. The van der Waals surface area contributed by atoms with Crippen molar-refractivity contribution in [3.63, 3.8) is 0 Å². The summed E-state index contributed by atoms with van der Waals surface area (Å²) < 4.78 is 10.9. The predicted molar refractivity (Wildman–Crippen MR) is 86.6 cm³/mol. The van der Waals surface area contributed by atoms with Crippen molar-refractivity contribution in [1.82, 2.24) is 15.2 Å². The minimum absolute atomic E-state index is 0.177. The number of nitrogens with one attached hydrogen (secondary N) is 1. The SMILES string of the molecule is CCOc1ccc(-c2nc(-c3cccc(O)c3)n[nH]2)cc1OC. The summed E-state index contributed by atoms with van der Waals surface area (Å²) in [6.45, 7) is 2.49. The van der Waals surface area contributed by atoms with E-state index >= 15 is 0 Å². The van der Waals surface area contributed by atoms with Gasteiger partial charge in [0.2, 0.25) is 0 Å².